The summed E-state index contributed by atoms with van der Waals surface area (Å²) in [5.41, 5.74) is 7.79. The van der Waals surface area contributed by atoms with Gasteiger partial charge < -0.3 is 15.3 Å². The summed E-state index contributed by atoms with van der Waals surface area (Å²) in [5, 5.41) is 19.0. The van der Waals surface area contributed by atoms with Crippen LogP contribution in [0.15, 0.2) is 101 Å². The summed E-state index contributed by atoms with van der Waals surface area (Å²) in [6, 6.07) is 27.1. The van der Waals surface area contributed by atoms with E-state index < -0.39 is 0 Å². The highest BCUT2D eigenvalue weighted by atomic mass is 16.3. The molecule has 0 spiro atoms. The Hall–Kier alpha value is -5.24. The highest BCUT2D eigenvalue weighted by Crippen LogP contribution is 2.48. The summed E-state index contributed by atoms with van der Waals surface area (Å²) in [6.07, 6.45) is 1.75. The van der Waals surface area contributed by atoms with Crippen molar-refractivity contribution in [2.24, 2.45) is 9.98 Å². The molecule has 0 saturated heterocycles. The summed E-state index contributed by atoms with van der Waals surface area (Å²) in [7, 11) is 0. The van der Waals surface area contributed by atoms with Crippen LogP contribution in [0.5, 0.6) is 5.75 Å². The van der Waals surface area contributed by atoms with Crippen LogP contribution in [-0.4, -0.2) is 31.5 Å². The van der Waals surface area contributed by atoms with Crippen molar-refractivity contribution in [2.75, 3.05) is 10.2 Å². The zero-order chi connectivity index (χ0) is 27.4. The topological polar surface area (TPSA) is 90.9 Å². The first-order valence-electron chi connectivity index (χ1n) is 13.2. The number of hydrogen-bond donors (Lipinski definition) is 2. The van der Waals surface area contributed by atoms with Gasteiger partial charge in [0.1, 0.15) is 5.75 Å². The lowest BCUT2D eigenvalue weighted by Gasteiger charge is -2.40. The van der Waals surface area contributed by atoms with E-state index in [-0.39, 0.29) is 11.8 Å². The Bertz CT molecular complexity index is 1840. The molecule has 0 fully saturated rings. The molecule has 8 nitrogen and oxygen atoms in total. The van der Waals surface area contributed by atoms with Crippen LogP contribution < -0.4 is 10.2 Å². The summed E-state index contributed by atoms with van der Waals surface area (Å²) in [5.74, 6) is 2.85. The number of hydrogen-bond acceptors (Lipinski definition) is 7. The summed E-state index contributed by atoms with van der Waals surface area (Å²) in [4.78, 5) is 17.0. The number of amidine groups is 2. The van der Waals surface area contributed by atoms with E-state index >= 15 is 0 Å². The normalized spacial score (nSPS) is 15.5. The van der Waals surface area contributed by atoms with E-state index in [1.165, 1.54) is 11.1 Å². The fourth-order valence-electron chi connectivity index (χ4n) is 5.40. The number of aliphatic imine (C=N–C) groups is 2. The number of para-hydroxylation sites is 2. The number of pyridine rings is 1. The first-order chi connectivity index (χ1) is 19.5. The summed E-state index contributed by atoms with van der Waals surface area (Å²) >= 11 is 0. The van der Waals surface area contributed by atoms with Crippen molar-refractivity contribution in [2.45, 2.75) is 26.8 Å². The van der Waals surface area contributed by atoms with Gasteiger partial charge in [0.15, 0.2) is 23.3 Å². The molecule has 196 valence electrons. The van der Waals surface area contributed by atoms with Crippen molar-refractivity contribution in [1.82, 2.24) is 14.8 Å². The number of aryl methyl sites for hydroxylation is 3. The lowest BCUT2D eigenvalue weighted by molar-refractivity contribution is 0.474. The first kappa shape index (κ1) is 23.8. The molecule has 2 aromatic heterocycles. The predicted octanol–water partition coefficient (Wildman–Crippen LogP) is 6.69. The number of nitrogens with zero attached hydrogens (tertiary/aromatic N) is 6. The van der Waals surface area contributed by atoms with Crippen LogP contribution in [0, 0.1) is 20.8 Å². The Morgan fingerprint density at radius 1 is 0.825 bits per heavy atom. The van der Waals surface area contributed by atoms with Crippen LogP contribution in [0.2, 0.25) is 0 Å². The van der Waals surface area contributed by atoms with E-state index in [1.54, 1.807) is 23.0 Å². The number of phenolic OH excluding ortho intramolecular Hbond substituents is 1. The maximum absolute atomic E-state index is 10.5. The van der Waals surface area contributed by atoms with Crippen LogP contribution in [-0.2, 0) is 0 Å². The number of benzene rings is 3. The third kappa shape index (κ3) is 3.84. The number of nitrogens with one attached hydrogen (secondary N) is 1. The number of aromatic nitrogens is 3. The van der Waals surface area contributed by atoms with Crippen LogP contribution >= 0.6 is 0 Å². The average Bonchev–Trinajstić information content (AvgIpc) is 3.30. The molecule has 40 heavy (non-hydrogen) atoms. The van der Waals surface area contributed by atoms with E-state index in [9.17, 15) is 5.11 Å². The van der Waals surface area contributed by atoms with E-state index in [0.717, 1.165) is 33.9 Å². The molecular weight excluding hydrogens is 498 g/mol. The second-order valence-corrected chi connectivity index (χ2v) is 10.1. The van der Waals surface area contributed by atoms with Gasteiger partial charge in [-0.2, -0.15) is 9.78 Å². The molecule has 8 heteroatoms. The van der Waals surface area contributed by atoms with Crippen LogP contribution in [0.25, 0.3) is 5.82 Å². The molecular formula is C32H27N7O. The van der Waals surface area contributed by atoms with E-state index in [0.29, 0.717) is 23.3 Å². The molecule has 7 rings (SSSR count). The zero-order valence-corrected chi connectivity index (χ0v) is 22.4. The Labute approximate surface area is 232 Å². The minimum atomic E-state index is -0.319. The molecule has 2 aliphatic heterocycles. The maximum atomic E-state index is 10.5. The molecule has 0 unspecified atom stereocenters. The Balaban J connectivity index is 1.50. The SMILES string of the molecule is Cc1ccc(NC2=Nc3ccccc3N3C2=Nc2c(c(C)nn2-c2ccccn2)[C@@H]3c2cccc(O)c2)cc1C. The number of anilines is 2. The highest BCUT2D eigenvalue weighted by molar-refractivity contribution is 6.51. The molecule has 0 amide bonds. The minimum Gasteiger partial charge on any atom is -0.508 e. The lowest BCUT2D eigenvalue weighted by atomic mass is 9.93. The average molecular weight is 526 g/mol. The number of rotatable bonds is 3. The van der Waals surface area contributed by atoms with E-state index in [1.807, 2.05) is 55.5 Å². The third-order valence-corrected chi connectivity index (χ3v) is 7.46. The Morgan fingerprint density at radius 2 is 1.68 bits per heavy atom. The van der Waals surface area contributed by atoms with Gasteiger partial charge >= 0.3 is 0 Å². The summed E-state index contributed by atoms with van der Waals surface area (Å²) < 4.78 is 1.79. The predicted molar refractivity (Wildman–Crippen MR) is 159 cm³/mol. The van der Waals surface area contributed by atoms with Crippen LogP contribution in [0.3, 0.4) is 0 Å². The van der Waals surface area contributed by atoms with Crippen molar-refractivity contribution in [3.8, 4) is 11.6 Å². The van der Waals surface area contributed by atoms with Crippen molar-refractivity contribution >= 4 is 34.6 Å². The van der Waals surface area contributed by atoms with Crippen molar-refractivity contribution in [3.63, 3.8) is 0 Å². The Morgan fingerprint density at radius 3 is 2.48 bits per heavy atom. The van der Waals surface area contributed by atoms with Gasteiger partial charge in [-0.3, -0.25) is 0 Å². The molecule has 1 atom stereocenters. The Kier molecular flexibility index (Phi) is 5.48. The molecule has 5 aromatic rings. The van der Waals surface area contributed by atoms with Crippen LogP contribution in [0.1, 0.15) is 34.0 Å². The van der Waals surface area contributed by atoms with Gasteiger partial charge in [-0.15, -0.1) is 0 Å². The van der Waals surface area contributed by atoms with Crippen LogP contribution in [0.4, 0.5) is 22.9 Å². The van der Waals surface area contributed by atoms with Gasteiger partial charge in [-0.25, -0.2) is 15.0 Å². The van der Waals surface area contributed by atoms with Gasteiger partial charge in [-0.1, -0.05) is 36.4 Å². The molecule has 0 saturated carbocycles. The smallest absolute Gasteiger partial charge is 0.179 e. The molecule has 0 aliphatic carbocycles. The zero-order valence-electron chi connectivity index (χ0n) is 22.4. The summed E-state index contributed by atoms with van der Waals surface area (Å²) in [6.45, 7) is 6.19. The molecule has 0 bridgehead atoms. The molecule has 2 aliphatic rings. The molecule has 4 heterocycles. The van der Waals surface area contributed by atoms with Gasteiger partial charge in [0, 0.05) is 17.4 Å². The number of aromatic hydroxyl groups is 1. The van der Waals surface area contributed by atoms with Gasteiger partial charge in [-0.05, 0) is 86.0 Å². The quantitative estimate of drug-likeness (QED) is 0.274. The largest absolute Gasteiger partial charge is 0.508 e. The van der Waals surface area contributed by atoms with E-state index in [4.69, 9.17) is 15.1 Å². The maximum Gasteiger partial charge on any atom is 0.179 e. The van der Waals surface area contributed by atoms with E-state index in [2.05, 4.69) is 53.3 Å². The number of fused-ring (bicyclic) bond motifs is 4. The second-order valence-electron chi connectivity index (χ2n) is 10.1. The minimum absolute atomic E-state index is 0.199. The fourth-order valence-corrected chi connectivity index (χ4v) is 5.40. The monoisotopic (exact) mass is 525 g/mol. The first-order valence-corrected chi connectivity index (χ1v) is 13.2. The fraction of sp³-hybridized carbons (Fsp3) is 0.125. The highest BCUT2D eigenvalue weighted by Gasteiger charge is 2.41. The van der Waals surface area contributed by atoms with Crippen molar-refractivity contribution in [3.05, 3.63) is 119 Å². The standard InChI is InChI=1S/C32H27N7O/c1-19-14-15-23(17-20(19)2)34-30-32-36-31-28(21(3)37-39(31)27-13-6-7-16-33-27)29(22-9-8-10-24(40)18-22)38(32)26-12-5-4-11-25(26)35-30/h4-18,29,40H,1-3H3,(H,34,35)/t29-/m0/s1. The molecule has 2 N–H and O–H groups in total. The molecule has 0 radical (unpaired) electrons. The van der Waals surface area contributed by atoms with Gasteiger partial charge in [0.2, 0.25) is 0 Å². The van der Waals surface area contributed by atoms with Crippen molar-refractivity contribution < 1.29 is 5.11 Å². The van der Waals surface area contributed by atoms with Gasteiger partial charge in [0.05, 0.1) is 23.1 Å². The third-order valence-electron chi connectivity index (χ3n) is 7.46. The second kappa shape index (κ2) is 9.20. The van der Waals surface area contributed by atoms with Crippen molar-refractivity contribution in [1.29, 1.82) is 0 Å². The molecule has 3 aromatic carbocycles. The van der Waals surface area contributed by atoms with Gasteiger partial charge in [0.25, 0.3) is 0 Å². The lowest BCUT2D eigenvalue weighted by Crippen LogP contribution is -2.46. The number of phenols is 1.